The maximum Gasteiger partial charge on any atom is 0.219 e. The maximum absolute atomic E-state index is 11.7. The van der Waals surface area contributed by atoms with Gasteiger partial charge < -0.3 is 25.0 Å². The van der Waals surface area contributed by atoms with E-state index in [1.54, 1.807) is 12.1 Å². The van der Waals surface area contributed by atoms with E-state index in [1.165, 1.54) is 11.9 Å². The third-order valence-corrected chi connectivity index (χ3v) is 3.78. The molecule has 24 heavy (non-hydrogen) atoms. The van der Waals surface area contributed by atoms with Gasteiger partial charge in [-0.15, -0.1) is 0 Å². The number of benzene rings is 1. The van der Waals surface area contributed by atoms with Gasteiger partial charge in [0.1, 0.15) is 6.29 Å². The first kappa shape index (κ1) is 19.6. The highest BCUT2D eigenvalue weighted by atomic mass is 16.3. The Balaban J connectivity index is 3.22. The third-order valence-electron chi connectivity index (χ3n) is 3.78. The molecule has 1 rings (SSSR count). The summed E-state index contributed by atoms with van der Waals surface area (Å²) in [5, 5.41) is 11.7. The van der Waals surface area contributed by atoms with Gasteiger partial charge >= 0.3 is 0 Å². The van der Waals surface area contributed by atoms with Crippen molar-refractivity contribution in [3.63, 3.8) is 0 Å². The van der Waals surface area contributed by atoms with E-state index < -0.39 is 6.04 Å². The Kier molecular flexibility index (Phi) is 7.91. The lowest BCUT2D eigenvalue weighted by molar-refractivity contribution is -0.121. The minimum atomic E-state index is -0.733. The van der Waals surface area contributed by atoms with Crippen molar-refractivity contribution in [2.24, 2.45) is 0 Å². The second-order valence-corrected chi connectivity index (χ2v) is 5.58. The molecule has 0 spiro atoms. The highest BCUT2D eigenvalue weighted by molar-refractivity contribution is 5.90. The molecule has 0 radical (unpaired) electrons. The molecule has 0 heterocycles. The predicted molar refractivity (Wildman–Crippen MR) is 93.3 cm³/mol. The molecule has 0 saturated carbocycles. The summed E-state index contributed by atoms with van der Waals surface area (Å²) in [7, 11) is 5.20. The minimum Gasteiger partial charge on any atom is -0.396 e. The van der Waals surface area contributed by atoms with E-state index in [1.807, 2.05) is 25.1 Å². The van der Waals surface area contributed by atoms with Crippen molar-refractivity contribution in [2.45, 2.75) is 25.3 Å². The Morgan fingerprint density at radius 2 is 2.04 bits per heavy atom. The van der Waals surface area contributed by atoms with Crippen LogP contribution in [0.15, 0.2) is 18.2 Å². The van der Waals surface area contributed by atoms with E-state index in [2.05, 4.69) is 5.32 Å². The molecule has 0 aromatic heterocycles. The van der Waals surface area contributed by atoms with Crippen LogP contribution in [0.25, 0.3) is 0 Å². The monoisotopic (exact) mass is 335 g/mol. The van der Waals surface area contributed by atoms with Gasteiger partial charge in [-0.2, -0.15) is 0 Å². The molecule has 7 nitrogen and oxygen atoms in total. The van der Waals surface area contributed by atoms with Gasteiger partial charge in [-0.05, 0) is 24.5 Å². The summed E-state index contributed by atoms with van der Waals surface area (Å²) in [6.45, 7) is -0.0147. The maximum atomic E-state index is 11.7. The Morgan fingerprint density at radius 3 is 2.54 bits per heavy atom. The van der Waals surface area contributed by atoms with E-state index in [4.69, 9.17) is 0 Å². The molecule has 0 saturated heterocycles. The van der Waals surface area contributed by atoms with Gasteiger partial charge in [0.2, 0.25) is 12.3 Å². The molecule has 0 aliphatic heterocycles. The zero-order chi connectivity index (χ0) is 18.1. The first-order valence-electron chi connectivity index (χ1n) is 7.79. The van der Waals surface area contributed by atoms with Crippen LogP contribution in [0.4, 0.5) is 11.4 Å². The summed E-state index contributed by atoms with van der Waals surface area (Å²) in [6.07, 6.45) is 2.11. The number of anilines is 2. The molecule has 1 aromatic carbocycles. The molecule has 2 N–H and O–H groups in total. The van der Waals surface area contributed by atoms with E-state index in [0.29, 0.717) is 24.8 Å². The van der Waals surface area contributed by atoms with Crippen molar-refractivity contribution in [1.29, 1.82) is 0 Å². The highest BCUT2D eigenvalue weighted by Gasteiger charge is 2.23. The zero-order valence-electron chi connectivity index (χ0n) is 14.4. The highest BCUT2D eigenvalue weighted by Crippen LogP contribution is 2.33. The number of hydrogen-bond donors (Lipinski definition) is 2. The molecule has 7 heteroatoms. The number of aliphatic hydroxyl groups excluding tert-OH is 1. The van der Waals surface area contributed by atoms with Crippen molar-refractivity contribution in [3.05, 3.63) is 23.8 Å². The Labute approximate surface area is 142 Å². The molecule has 132 valence electrons. The first-order chi connectivity index (χ1) is 11.5. The van der Waals surface area contributed by atoms with Crippen LogP contribution in [0.5, 0.6) is 0 Å². The summed E-state index contributed by atoms with van der Waals surface area (Å²) in [4.78, 5) is 37.8. The molecule has 1 atom stereocenters. The first-order valence-corrected chi connectivity index (χ1v) is 7.79. The number of para-hydroxylation sites is 1. The molecular formula is C17H25N3O4. The van der Waals surface area contributed by atoms with Crippen LogP contribution in [-0.4, -0.2) is 57.5 Å². The summed E-state index contributed by atoms with van der Waals surface area (Å²) in [5.74, 6) is -0.186. The number of carbonyl (C=O) groups excluding carboxylic acids is 3. The van der Waals surface area contributed by atoms with Crippen LogP contribution in [0, 0.1) is 0 Å². The largest absolute Gasteiger partial charge is 0.396 e. The topological polar surface area (TPSA) is 90.0 Å². The minimum absolute atomic E-state index is 0.0147. The smallest absolute Gasteiger partial charge is 0.219 e. The summed E-state index contributed by atoms with van der Waals surface area (Å²) in [5.41, 5.74) is 2.23. The quantitative estimate of drug-likeness (QED) is 0.602. The fraction of sp³-hybridized carbons (Fsp3) is 0.471. The van der Waals surface area contributed by atoms with Crippen molar-refractivity contribution in [3.8, 4) is 0 Å². The zero-order valence-corrected chi connectivity index (χ0v) is 14.4. The fourth-order valence-electron chi connectivity index (χ4n) is 2.61. The number of carbonyl (C=O) groups is 3. The van der Waals surface area contributed by atoms with Gasteiger partial charge in [0.25, 0.3) is 0 Å². The number of hydrogen-bond acceptors (Lipinski definition) is 5. The van der Waals surface area contributed by atoms with Crippen molar-refractivity contribution in [1.82, 2.24) is 5.32 Å². The lowest BCUT2D eigenvalue weighted by Gasteiger charge is -2.30. The van der Waals surface area contributed by atoms with E-state index in [-0.39, 0.29) is 25.4 Å². The number of amides is 2. The second kappa shape index (κ2) is 9.67. The van der Waals surface area contributed by atoms with Gasteiger partial charge in [0, 0.05) is 34.2 Å². The SMILES string of the molecule is CNC(=O)CCC(C=O)N(C=O)c1cccc(CCO)c1N(C)C. The molecular weight excluding hydrogens is 310 g/mol. The van der Waals surface area contributed by atoms with Crippen molar-refractivity contribution < 1.29 is 19.5 Å². The number of nitrogens with zero attached hydrogens (tertiary/aromatic N) is 2. The van der Waals surface area contributed by atoms with Crippen LogP contribution in [0.1, 0.15) is 18.4 Å². The van der Waals surface area contributed by atoms with Gasteiger partial charge in [0.15, 0.2) is 0 Å². The molecule has 1 unspecified atom stereocenters. The van der Waals surface area contributed by atoms with Crippen molar-refractivity contribution in [2.75, 3.05) is 37.5 Å². The van der Waals surface area contributed by atoms with Crippen molar-refractivity contribution >= 4 is 30.0 Å². The molecule has 1 aromatic rings. The van der Waals surface area contributed by atoms with Crippen LogP contribution in [0.3, 0.4) is 0 Å². The number of aliphatic hydroxyl groups is 1. The number of nitrogens with one attached hydrogen (secondary N) is 1. The molecule has 0 aliphatic carbocycles. The third kappa shape index (κ3) is 4.79. The second-order valence-electron chi connectivity index (χ2n) is 5.58. The molecule has 0 fully saturated rings. The Hall–Kier alpha value is -2.41. The lowest BCUT2D eigenvalue weighted by Crippen LogP contribution is -2.37. The average molecular weight is 335 g/mol. The number of aldehydes is 1. The Morgan fingerprint density at radius 1 is 1.33 bits per heavy atom. The van der Waals surface area contributed by atoms with E-state index in [9.17, 15) is 19.5 Å². The van der Waals surface area contributed by atoms with Gasteiger partial charge in [0.05, 0.1) is 17.4 Å². The number of rotatable bonds is 10. The van der Waals surface area contributed by atoms with E-state index in [0.717, 1.165) is 11.3 Å². The van der Waals surface area contributed by atoms with Gasteiger partial charge in [-0.1, -0.05) is 12.1 Å². The standard InChI is InChI=1S/C17H25N3O4/c1-18-16(24)8-7-14(11-22)20(12-23)15-6-4-5-13(9-10-21)17(15)19(2)3/h4-6,11-12,14,21H,7-10H2,1-3H3,(H,18,24). The Bertz CT molecular complexity index is 575. The normalized spacial score (nSPS) is 11.5. The van der Waals surface area contributed by atoms with Crippen LogP contribution >= 0.6 is 0 Å². The van der Waals surface area contributed by atoms with Gasteiger partial charge in [-0.25, -0.2) is 0 Å². The van der Waals surface area contributed by atoms with Crippen LogP contribution in [-0.2, 0) is 20.8 Å². The molecule has 2 amide bonds. The molecule has 0 bridgehead atoms. The summed E-state index contributed by atoms with van der Waals surface area (Å²) >= 11 is 0. The summed E-state index contributed by atoms with van der Waals surface area (Å²) < 4.78 is 0. The fourth-order valence-corrected chi connectivity index (χ4v) is 2.61. The van der Waals surface area contributed by atoms with Crippen LogP contribution in [0.2, 0.25) is 0 Å². The predicted octanol–water partition coefficient (Wildman–Crippen LogP) is 0.344. The summed E-state index contributed by atoms with van der Waals surface area (Å²) in [6, 6.07) is 4.67. The lowest BCUT2D eigenvalue weighted by atomic mass is 10.0. The molecule has 0 aliphatic rings. The van der Waals surface area contributed by atoms with Gasteiger partial charge in [-0.3, -0.25) is 9.59 Å². The average Bonchev–Trinajstić information content (AvgIpc) is 2.58. The van der Waals surface area contributed by atoms with E-state index >= 15 is 0 Å². The van der Waals surface area contributed by atoms with Crippen LogP contribution < -0.4 is 15.1 Å².